The van der Waals surface area contributed by atoms with E-state index in [0.717, 1.165) is 19.1 Å². The molecule has 1 spiro atoms. The zero-order chi connectivity index (χ0) is 7.90. The molecule has 0 radical (unpaired) electrons. The van der Waals surface area contributed by atoms with E-state index in [1.54, 1.807) is 0 Å². The Hall–Kier alpha value is -0.0800. The molecule has 0 aromatic rings. The first-order chi connectivity index (χ1) is 5.24. The third kappa shape index (κ3) is 1.18. The summed E-state index contributed by atoms with van der Waals surface area (Å²) in [5.74, 6) is 0.795. The molecule has 1 atom stereocenters. The molecule has 0 bridgehead atoms. The molecule has 2 nitrogen and oxygen atoms in total. The predicted molar refractivity (Wildman–Crippen MR) is 44.2 cm³/mol. The Bertz CT molecular complexity index is 152. The molecule has 0 aromatic carbocycles. The smallest absolute Gasteiger partial charge is 0.0553 e. The van der Waals surface area contributed by atoms with Crippen LogP contribution in [0.25, 0.3) is 0 Å². The van der Waals surface area contributed by atoms with E-state index in [2.05, 4.69) is 6.92 Å². The highest BCUT2D eigenvalue weighted by molar-refractivity contribution is 4.97. The molecule has 2 fully saturated rings. The highest BCUT2D eigenvalue weighted by Gasteiger charge is 2.47. The third-order valence-electron chi connectivity index (χ3n) is 3.17. The van der Waals surface area contributed by atoms with Gasteiger partial charge in [-0.05, 0) is 44.1 Å². The summed E-state index contributed by atoms with van der Waals surface area (Å²) < 4.78 is 5.56. The molecule has 1 saturated carbocycles. The van der Waals surface area contributed by atoms with Crippen LogP contribution in [0.2, 0.25) is 0 Å². The van der Waals surface area contributed by atoms with Crippen LogP contribution in [0.15, 0.2) is 0 Å². The summed E-state index contributed by atoms with van der Waals surface area (Å²) in [7, 11) is 0. The van der Waals surface area contributed by atoms with Gasteiger partial charge in [0.05, 0.1) is 12.7 Å². The highest BCUT2D eigenvalue weighted by atomic mass is 16.5. The Morgan fingerprint density at radius 1 is 1.45 bits per heavy atom. The normalized spacial score (nSPS) is 49.6. The van der Waals surface area contributed by atoms with E-state index in [9.17, 15) is 0 Å². The van der Waals surface area contributed by atoms with Gasteiger partial charge in [0.25, 0.3) is 0 Å². The van der Waals surface area contributed by atoms with Gasteiger partial charge in [-0.2, -0.15) is 0 Å². The Labute approximate surface area is 68.1 Å². The van der Waals surface area contributed by atoms with E-state index < -0.39 is 0 Å². The van der Waals surface area contributed by atoms with Gasteiger partial charge in [-0.15, -0.1) is 0 Å². The SMILES string of the molecule is CC1CC2(CO1)CC(CN)C2. The maximum absolute atomic E-state index is 5.58. The van der Waals surface area contributed by atoms with Crippen LogP contribution in [0.4, 0.5) is 0 Å². The molecule has 64 valence electrons. The molecule has 11 heavy (non-hydrogen) atoms. The fourth-order valence-electron chi connectivity index (χ4n) is 2.66. The number of nitrogens with two attached hydrogens (primary N) is 1. The maximum Gasteiger partial charge on any atom is 0.0553 e. The molecule has 1 heterocycles. The zero-order valence-electron chi connectivity index (χ0n) is 7.18. The van der Waals surface area contributed by atoms with Crippen molar-refractivity contribution in [1.29, 1.82) is 0 Å². The Morgan fingerprint density at radius 3 is 2.64 bits per heavy atom. The van der Waals surface area contributed by atoms with Crippen molar-refractivity contribution in [3.63, 3.8) is 0 Å². The highest BCUT2D eigenvalue weighted by Crippen LogP contribution is 2.52. The second kappa shape index (κ2) is 2.46. The van der Waals surface area contributed by atoms with E-state index in [0.29, 0.717) is 11.5 Å². The molecule has 2 heteroatoms. The fourth-order valence-corrected chi connectivity index (χ4v) is 2.66. The van der Waals surface area contributed by atoms with Crippen LogP contribution in [0.5, 0.6) is 0 Å². The molecule has 1 aliphatic heterocycles. The number of hydrogen-bond donors (Lipinski definition) is 1. The number of hydrogen-bond acceptors (Lipinski definition) is 2. The van der Waals surface area contributed by atoms with Crippen LogP contribution in [0.1, 0.15) is 26.2 Å². The van der Waals surface area contributed by atoms with Gasteiger partial charge in [-0.25, -0.2) is 0 Å². The average Bonchev–Trinajstić information content (AvgIpc) is 2.28. The Balaban J connectivity index is 1.87. The van der Waals surface area contributed by atoms with Crippen LogP contribution in [0.3, 0.4) is 0 Å². The minimum atomic E-state index is 0.494. The first kappa shape index (κ1) is 7.56. The molecule has 2 aliphatic rings. The van der Waals surface area contributed by atoms with Crippen molar-refractivity contribution in [3.05, 3.63) is 0 Å². The van der Waals surface area contributed by atoms with Crippen LogP contribution in [-0.4, -0.2) is 19.3 Å². The first-order valence-electron chi connectivity index (χ1n) is 4.56. The van der Waals surface area contributed by atoms with Gasteiger partial charge in [-0.3, -0.25) is 0 Å². The fraction of sp³-hybridized carbons (Fsp3) is 1.00. The van der Waals surface area contributed by atoms with Crippen molar-refractivity contribution in [2.24, 2.45) is 17.1 Å². The molecule has 0 amide bonds. The molecule has 1 saturated heterocycles. The summed E-state index contributed by atoms with van der Waals surface area (Å²) in [6.45, 7) is 4.03. The third-order valence-corrected chi connectivity index (χ3v) is 3.17. The summed E-state index contributed by atoms with van der Waals surface area (Å²) in [5.41, 5.74) is 6.14. The molecular formula is C9H17NO. The molecule has 2 rings (SSSR count). The standard InChI is InChI=1S/C9H17NO/c1-7-2-9(6-11-7)3-8(4-9)5-10/h7-8H,2-6,10H2,1H3. The van der Waals surface area contributed by atoms with Crippen LogP contribution in [0, 0.1) is 11.3 Å². The molecule has 1 aliphatic carbocycles. The number of ether oxygens (including phenoxy) is 1. The summed E-state index contributed by atoms with van der Waals surface area (Å²) in [6.07, 6.45) is 4.39. The predicted octanol–water partition coefficient (Wildman–Crippen LogP) is 1.15. The maximum atomic E-state index is 5.58. The Morgan fingerprint density at radius 2 is 2.18 bits per heavy atom. The van der Waals surface area contributed by atoms with Crippen molar-refractivity contribution in [3.8, 4) is 0 Å². The van der Waals surface area contributed by atoms with Gasteiger partial charge >= 0.3 is 0 Å². The topological polar surface area (TPSA) is 35.2 Å². The van der Waals surface area contributed by atoms with Crippen molar-refractivity contribution in [2.45, 2.75) is 32.3 Å². The summed E-state index contributed by atoms with van der Waals surface area (Å²) in [5, 5.41) is 0. The van der Waals surface area contributed by atoms with E-state index in [-0.39, 0.29) is 0 Å². The van der Waals surface area contributed by atoms with Crippen molar-refractivity contribution in [1.82, 2.24) is 0 Å². The lowest BCUT2D eigenvalue weighted by Crippen LogP contribution is -2.41. The minimum absolute atomic E-state index is 0.494. The van der Waals surface area contributed by atoms with E-state index >= 15 is 0 Å². The first-order valence-corrected chi connectivity index (χ1v) is 4.56. The van der Waals surface area contributed by atoms with Crippen LogP contribution in [-0.2, 0) is 4.74 Å². The van der Waals surface area contributed by atoms with Crippen molar-refractivity contribution < 1.29 is 4.74 Å². The zero-order valence-corrected chi connectivity index (χ0v) is 7.18. The molecular weight excluding hydrogens is 138 g/mol. The second-order valence-electron chi connectivity index (χ2n) is 4.34. The lowest BCUT2D eigenvalue weighted by molar-refractivity contribution is 0.0363. The molecule has 1 unspecified atom stereocenters. The molecule has 0 aromatic heterocycles. The van der Waals surface area contributed by atoms with Gasteiger partial charge in [0, 0.05) is 0 Å². The van der Waals surface area contributed by atoms with Crippen molar-refractivity contribution >= 4 is 0 Å². The van der Waals surface area contributed by atoms with Gasteiger partial charge in [0.2, 0.25) is 0 Å². The van der Waals surface area contributed by atoms with Crippen molar-refractivity contribution in [2.75, 3.05) is 13.2 Å². The Kier molecular flexibility index (Phi) is 1.69. The van der Waals surface area contributed by atoms with Crippen LogP contribution < -0.4 is 5.73 Å². The molecule has 2 N–H and O–H groups in total. The van der Waals surface area contributed by atoms with E-state index in [1.807, 2.05) is 0 Å². The lowest BCUT2D eigenvalue weighted by Gasteiger charge is -2.43. The lowest BCUT2D eigenvalue weighted by atomic mass is 9.61. The summed E-state index contributed by atoms with van der Waals surface area (Å²) >= 11 is 0. The largest absolute Gasteiger partial charge is 0.378 e. The van der Waals surface area contributed by atoms with Gasteiger partial charge in [0.1, 0.15) is 0 Å². The summed E-state index contributed by atoms with van der Waals surface area (Å²) in [6, 6.07) is 0. The van der Waals surface area contributed by atoms with E-state index in [1.165, 1.54) is 19.3 Å². The quantitative estimate of drug-likeness (QED) is 0.616. The van der Waals surface area contributed by atoms with Crippen LogP contribution >= 0.6 is 0 Å². The number of rotatable bonds is 1. The van der Waals surface area contributed by atoms with Gasteiger partial charge < -0.3 is 10.5 Å². The second-order valence-corrected chi connectivity index (χ2v) is 4.34. The monoisotopic (exact) mass is 155 g/mol. The minimum Gasteiger partial charge on any atom is -0.378 e. The van der Waals surface area contributed by atoms with Gasteiger partial charge in [-0.1, -0.05) is 0 Å². The van der Waals surface area contributed by atoms with E-state index in [4.69, 9.17) is 10.5 Å². The van der Waals surface area contributed by atoms with Gasteiger partial charge in [0.15, 0.2) is 0 Å². The average molecular weight is 155 g/mol. The summed E-state index contributed by atoms with van der Waals surface area (Å²) in [4.78, 5) is 0.